The zero-order valence-electron chi connectivity index (χ0n) is 12.3. The summed E-state index contributed by atoms with van der Waals surface area (Å²) >= 11 is 0. The number of nitrogens with zero attached hydrogens (tertiary/aromatic N) is 2. The number of hydrogen-bond acceptors (Lipinski definition) is 6. The third-order valence-corrected chi connectivity index (χ3v) is 2.84. The van der Waals surface area contributed by atoms with E-state index in [0.29, 0.717) is 12.4 Å². The molecule has 1 aromatic heterocycles. The first-order chi connectivity index (χ1) is 10.6. The van der Waals surface area contributed by atoms with Crippen molar-refractivity contribution in [3.8, 4) is 11.5 Å². The van der Waals surface area contributed by atoms with E-state index in [0.717, 1.165) is 11.5 Å². The third-order valence-electron chi connectivity index (χ3n) is 2.84. The zero-order chi connectivity index (χ0) is 15.9. The van der Waals surface area contributed by atoms with Crippen LogP contribution >= 0.6 is 0 Å². The molecule has 0 fully saturated rings. The largest absolute Gasteiger partial charge is 0.497 e. The van der Waals surface area contributed by atoms with Gasteiger partial charge < -0.3 is 19.9 Å². The summed E-state index contributed by atoms with van der Waals surface area (Å²) in [6.45, 7) is 2.42. The van der Waals surface area contributed by atoms with Gasteiger partial charge in [-0.2, -0.15) is 0 Å². The lowest BCUT2D eigenvalue weighted by molar-refractivity contribution is 0.0690. The van der Waals surface area contributed by atoms with Gasteiger partial charge in [-0.1, -0.05) is 0 Å². The predicted molar refractivity (Wildman–Crippen MR) is 80.6 cm³/mol. The average molecular weight is 303 g/mol. The molecule has 2 aromatic rings. The van der Waals surface area contributed by atoms with Crippen LogP contribution in [0.3, 0.4) is 0 Å². The van der Waals surface area contributed by atoms with Gasteiger partial charge >= 0.3 is 5.97 Å². The van der Waals surface area contributed by atoms with Crippen LogP contribution in [0.2, 0.25) is 0 Å². The van der Waals surface area contributed by atoms with Gasteiger partial charge in [0.15, 0.2) is 5.69 Å². The number of ether oxygens (including phenoxy) is 2. The van der Waals surface area contributed by atoms with Crippen molar-refractivity contribution in [2.75, 3.05) is 19.0 Å². The Bertz CT molecular complexity index is 614. The number of hydrogen-bond donors (Lipinski definition) is 2. The van der Waals surface area contributed by atoms with Crippen molar-refractivity contribution in [2.45, 2.75) is 13.0 Å². The van der Waals surface area contributed by atoms with E-state index in [2.05, 4.69) is 15.3 Å². The molecular weight excluding hydrogens is 286 g/mol. The Labute approximate surface area is 127 Å². The van der Waals surface area contributed by atoms with E-state index in [4.69, 9.17) is 14.6 Å². The normalized spacial score (nSPS) is 11.5. The zero-order valence-corrected chi connectivity index (χ0v) is 12.3. The fourth-order valence-corrected chi connectivity index (χ4v) is 1.71. The molecule has 7 heteroatoms. The van der Waals surface area contributed by atoms with Gasteiger partial charge in [-0.3, -0.25) is 0 Å². The second-order valence-corrected chi connectivity index (χ2v) is 4.58. The van der Waals surface area contributed by atoms with Crippen LogP contribution in [0, 0.1) is 0 Å². The highest BCUT2D eigenvalue weighted by Gasteiger charge is 2.07. The lowest BCUT2D eigenvalue weighted by Crippen LogP contribution is -2.23. The first-order valence-corrected chi connectivity index (χ1v) is 6.68. The lowest BCUT2D eigenvalue weighted by Gasteiger charge is -2.16. The van der Waals surface area contributed by atoms with E-state index < -0.39 is 5.97 Å². The molecule has 0 spiro atoms. The molecule has 1 atom stereocenters. The quantitative estimate of drug-likeness (QED) is 0.808. The van der Waals surface area contributed by atoms with Crippen LogP contribution in [-0.2, 0) is 0 Å². The number of methoxy groups -OCH3 is 1. The summed E-state index contributed by atoms with van der Waals surface area (Å²) in [6.07, 6.45) is 2.48. The molecule has 22 heavy (non-hydrogen) atoms. The average Bonchev–Trinajstić information content (AvgIpc) is 2.54. The molecule has 0 aliphatic rings. The van der Waals surface area contributed by atoms with Crippen molar-refractivity contribution in [2.24, 2.45) is 0 Å². The van der Waals surface area contributed by atoms with Crippen LogP contribution in [-0.4, -0.2) is 40.8 Å². The minimum absolute atomic E-state index is 0.0897. The molecule has 1 unspecified atom stereocenters. The summed E-state index contributed by atoms with van der Waals surface area (Å²) in [7, 11) is 1.61. The van der Waals surface area contributed by atoms with Crippen LogP contribution in [0.1, 0.15) is 17.4 Å². The number of anilines is 1. The van der Waals surface area contributed by atoms with E-state index in [-0.39, 0.29) is 11.8 Å². The summed E-state index contributed by atoms with van der Waals surface area (Å²) in [6, 6.07) is 7.31. The van der Waals surface area contributed by atoms with E-state index in [9.17, 15) is 4.79 Å². The van der Waals surface area contributed by atoms with Crippen LogP contribution < -0.4 is 14.8 Å². The maximum Gasteiger partial charge on any atom is 0.356 e. The van der Waals surface area contributed by atoms with Gasteiger partial charge in [0, 0.05) is 0 Å². The van der Waals surface area contributed by atoms with Crippen LogP contribution in [0.15, 0.2) is 36.7 Å². The van der Waals surface area contributed by atoms with E-state index in [1.807, 2.05) is 31.2 Å². The Hall–Kier alpha value is -2.83. The topological polar surface area (TPSA) is 93.6 Å². The molecule has 2 rings (SSSR count). The molecule has 1 aromatic carbocycles. The number of aromatic carboxylic acids is 1. The van der Waals surface area contributed by atoms with E-state index in [1.54, 1.807) is 7.11 Å². The number of aromatic nitrogens is 2. The highest BCUT2D eigenvalue weighted by atomic mass is 16.5. The van der Waals surface area contributed by atoms with Gasteiger partial charge in [-0.15, -0.1) is 0 Å². The Kier molecular flexibility index (Phi) is 5.13. The fourth-order valence-electron chi connectivity index (χ4n) is 1.71. The smallest absolute Gasteiger partial charge is 0.356 e. The van der Waals surface area contributed by atoms with Gasteiger partial charge in [-0.25, -0.2) is 14.8 Å². The van der Waals surface area contributed by atoms with E-state index in [1.165, 1.54) is 12.4 Å². The van der Waals surface area contributed by atoms with Crippen LogP contribution in [0.5, 0.6) is 11.5 Å². The van der Waals surface area contributed by atoms with Crippen LogP contribution in [0.4, 0.5) is 5.82 Å². The van der Waals surface area contributed by atoms with Gasteiger partial charge in [0.25, 0.3) is 0 Å². The number of nitrogens with one attached hydrogen (secondary N) is 1. The Morgan fingerprint density at radius 3 is 2.45 bits per heavy atom. The summed E-state index contributed by atoms with van der Waals surface area (Å²) in [5, 5.41) is 11.8. The third kappa shape index (κ3) is 4.34. The minimum atomic E-state index is -1.10. The molecule has 116 valence electrons. The Morgan fingerprint density at radius 1 is 1.23 bits per heavy atom. The number of carboxylic acid groups (broad SMARTS) is 1. The second kappa shape index (κ2) is 7.26. The Morgan fingerprint density at radius 2 is 1.91 bits per heavy atom. The number of benzene rings is 1. The molecule has 1 heterocycles. The summed E-state index contributed by atoms with van der Waals surface area (Å²) in [4.78, 5) is 18.4. The van der Waals surface area contributed by atoms with Crippen molar-refractivity contribution in [3.63, 3.8) is 0 Å². The molecule has 7 nitrogen and oxygen atoms in total. The van der Waals surface area contributed by atoms with E-state index >= 15 is 0 Å². The van der Waals surface area contributed by atoms with Crippen molar-refractivity contribution >= 4 is 11.8 Å². The minimum Gasteiger partial charge on any atom is -0.497 e. The highest BCUT2D eigenvalue weighted by Crippen LogP contribution is 2.18. The summed E-state index contributed by atoms with van der Waals surface area (Å²) in [5.41, 5.74) is -0.0897. The lowest BCUT2D eigenvalue weighted by atomic mass is 10.3. The highest BCUT2D eigenvalue weighted by molar-refractivity contribution is 5.84. The number of carbonyl (C=O) groups is 1. The fraction of sp³-hybridized carbons (Fsp3) is 0.267. The predicted octanol–water partition coefficient (Wildman–Crippen LogP) is 2.06. The maximum atomic E-state index is 10.7. The van der Waals surface area contributed by atoms with Crippen molar-refractivity contribution in [1.29, 1.82) is 0 Å². The molecule has 0 saturated carbocycles. The molecular formula is C15H17N3O4. The molecule has 0 aliphatic heterocycles. The molecule has 0 radical (unpaired) electrons. The van der Waals surface area contributed by atoms with Crippen molar-refractivity contribution in [1.82, 2.24) is 9.97 Å². The van der Waals surface area contributed by atoms with Gasteiger partial charge in [-0.05, 0) is 31.2 Å². The number of carboxylic acids is 1. The van der Waals surface area contributed by atoms with Gasteiger partial charge in [0.2, 0.25) is 0 Å². The Balaban J connectivity index is 1.83. The first-order valence-electron chi connectivity index (χ1n) is 6.68. The van der Waals surface area contributed by atoms with Gasteiger partial charge in [0.05, 0.1) is 26.0 Å². The second-order valence-electron chi connectivity index (χ2n) is 4.58. The standard InChI is InChI=1S/C15H17N3O4/c1-10(22-12-5-3-11(21-2)4-6-12)7-17-14-9-16-13(8-18-14)15(19)20/h3-6,8-10H,7H2,1-2H3,(H,17,18)(H,19,20). The summed E-state index contributed by atoms with van der Waals surface area (Å²) in [5.74, 6) is 0.903. The first kappa shape index (κ1) is 15.6. The monoisotopic (exact) mass is 303 g/mol. The maximum absolute atomic E-state index is 10.7. The molecule has 0 aliphatic carbocycles. The SMILES string of the molecule is COc1ccc(OC(C)CNc2cnc(C(=O)O)cn2)cc1. The molecule has 2 N–H and O–H groups in total. The van der Waals surface area contributed by atoms with Crippen molar-refractivity contribution < 1.29 is 19.4 Å². The molecule has 0 amide bonds. The van der Waals surface area contributed by atoms with Gasteiger partial charge in [0.1, 0.15) is 23.4 Å². The molecule has 0 saturated heterocycles. The molecule has 0 bridgehead atoms. The van der Waals surface area contributed by atoms with Crippen molar-refractivity contribution in [3.05, 3.63) is 42.4 Å². The summed E-state index contributed by atoms with van der Waals surface area (Å²) < 4.78 is 10.8. The van der Waals surface area contributed by atoms with Crippen LogP contribution in [0.25, 0.3) is 0 Å². The number of rotatable bonds is 7.